The summed E-state index contributed by atoms with van der Waals surface area (Å²) in [7, 11) is 1.98. The molecule has 0 atom stereocenters. The molecule has 2 nitrogen and oxygen atoms in total. The number of thioether (sulfide) groups is 1. The number of nitrogens with one attached hydrogen (secondary N) is 1. The Hall–Kier alpha value is -0.0600. The molecule has 1 N–H and O–H groups in total. The van der Waals surface area contributed by atoms with E-state index in [9.17, 15) is 0 Å². The first-order valence-electron chi connectivity index (χ1n) is 3.92. The highest BCUT2D eigenvalue weighted by Crippen LogP contribution is 2.25. The Balaban J connectivity index is 2.64. The van der Waals surface area contributed by atoms with E-state index < -0.39 is 0 Å². The van der Waals surface area contributed by atoms with Crippen molar-refractivity contribution in [2.45, 2.75) is 17.7 Å². The molecule has 0 aliphatic heterocycles. The van der Waals surface area contributed by atoms with Gasteiger partial charge in [0.15, 0.2) is 0 Å². The van der Waals surface area contributed by atoms with Gasteiger partial charge in [-0.15, -0.1) is 11.3 Å². The zero-order valence-electron chi connectivity index (χ0n) is 7.68. The molecule has 0 aliphatic carbocycles. The standard InChI is InChI=1S/C8H14N2S2/c1-6-7(4-5-9-2)12-8(10-6)11-3/h9H,4-5H2,1-3H3. The maximum atomic E-state index is 4.44. The highest BCUT2D eigenvalue weighted by atomic mass is 32.2. The Morgan fingerprint density at radius 2 is 2.33 bits per heavy atom. The van der Waals surface area contributed by atoms with Gasteiger partial charge in [-0.25, -0.2) is 4.98 Å². The zero-order chi connectivity index (χ0) is 8.97. The van der Waals surface area contributed by atoms with Gasteiger partial charge in [0, 0.05) is 4.88 Å². The van der Waals surface area contributed by atoms with Crippen molar-refractivity contribution in [1.29, 1.82) is 0 Å². The average molecular weight is 202 g/mol. The molecule has 0 unspecified atom stereocenters. The lowest BCUT2D eigenvalue weighted by molar-refractivity contribution is 0.794. The van der Waals surface area contributed by atoms with Crippen molar-refractivity contribution < 1.29 is 0 Å². The first-order valence-corrected chi connectivity index (χ1v) is 5.97. The highest BCUT2D eigenvalue weighted by Gasteiger charge is 2.05. The summed E-state index contributed by atoms with van der Waals surface area (Å²) in [5, 5.41) is 3.14. The monoisotopic (exact) mass is 202 g/mol. The van der Waals surface area contributed by atoms with E-state index in [1.165, 1.54) is 14.9 Å². The molecule has 0 amide bonds. The van der Waals surface area contributed by atoms with E-state index in [1.54, 1.807) is 11.8 Å². The van der Waals surface area contributed by atoms with E-state index in [0.717, 1.165) is 13.0 Å². The predicted molar refractivity (Wildman–Crippen MR) is 56.3 cm³/mol. The molecule has 0 bridgehead atoms. The first kappa shape index (κ1) is 10.0. The van der Waals surface area contributed by atoms with Crippen LogP contribution in [0.3, 0.4) is 0 Å². The fourth-order valence-electron chi connectivity index (χ4n) is 0.959. The van der Waals surface area contributed by atoms with Crippen LogP contribution >= 0.6 is 23.1 Å². The van der Waals surface area contributed by atoms with Gasteiger partial charge in [-0.3, -0.25) is 0 Å². The van der Waals surface area contributed by atoms with Crippen molar-refractivity contribution in [2.75, 3.05) is 19.8 Å². The van der Waals surface area contributed by atoms with Crippen LogP contribution in [-0.2, 0) is 6.42 Å². The SMILES string of the molecule is CNCCc1sc(SC)nc1C. The number of hydrogen-bond donors (Lipinski definition) is 1. The van der Waals surface area contributed by atoms with Crippen molar-refractivity contribution in [3.8, 4) is 0 Å². The number of rotatable bonds is 4. The van der Waals surface area contributed by atoms with Gasteiger partial charge >= 0.3 is 0 Å². The summed E-state index contributed by atoms with van der Waals surface area (Å²) < 4.78 is 1.18. The van der Waals surface area contributed by atoms with E-state index in [2.05, 4.69) is 23.5 Å². The molecule has 1 aromatic rings. The molecule has 1 rings (SSSR count). The van der Waals surface area contributed by atoms with E-state index in [4.69, 9.17) is 0 Å². The molecule has 0 saturated heterocycles. The Kier molecular flexibility index (Phi) is 4.05. The van der Waals surface area contributed by atoms with E-state index in [0.29, 0.717) is 0 Å². The Morgan fingerprint density at radius 3 is 2.83 bits per heavy atom. The van der Waals surface area contributed by atoms with Crippen molar-refractivity contribution in [3.05, 3.63) is 10.6 Å². The van der Waals surface area contributed by atoms with E-state index >= 15 is 0 Å². The summed E-state index contributed by atoms with van der Waals surface area (Å²) in [6.07, 6.45) is 3.17. The van der Waals surface area contributed by atoms with Gasteiger partial charge in [0.25, 0.3) is 0 Å². The van der Waals surface area contributed by atoms with Crippen LogP contribution in [-0.4, -0.2) is 24.8 Å². The highest BCUT2D eigenvalue weighted by molar-refractivity contribution is 8.00. The number of thiazole rings is 1. The lowest BCUT2D eigenvalue weighted by Gasteiger charge is -1.95. The smallest absolute Gasteiger partial charge is 0.150 e. The third-order valence-electron chi connectivity index (χ3n) is 1.65. The Bertz CT molecular complexity index is 245. The first-order chi connectivity index (χ1) is 5.77. The van der Waals surface area contributed by atoms with Crippen LogP contribution in [0.4, 0.5) is 0 Å². The molecule has 1 heterocycles. The largest absolute Gasteiger partial charge is 0.319 e. The lowest BCUT2D eigenvalue weighted by atomic mass is 10.3. The second kappa shape index (κ2) is 4.84. The molecule has 1 aromatic heterocycles. The minimum atomic E-state index is 1.04. The molecule has 4 heteroatoms. The van der Waals surface area contributed by atoms with Crippen LogP contribution < -0.4 is 5.32 Å². The second-order valence-corrected chi connectivity index (χ2v) is 4.68. The molecule has 0 saturated carbocycles. The lowest BCUT2D eigenvalue weighted by Crippen LogP contribution is -2.09. The summed E-state index contributed by atoms with van der Waals surface area (Å²) in [5.41, 5.74) is 1.19. The van der Waals surface area contributed by atoms with Gasteiger partial charge in [0.2, 0.25) is 0 Å². The molecule has 0 fully saturated rings. The van der Waals surface area contributed by atoms with E-state index in [1.807, 2.05) is 18.4 Å². The van der Waals surface area contributed by atoms with Crippen LogP contribution in [0.2, 0.25) is 0 Å². The Morgan fingerprint density at radius 1 is 1.58 bits per heavy atom. The number of aryl methyl sites for hydroxylation is 1. The molecule has 0 radical (unpaired) electrons. The van der Waals surface area contributed by atoms with Gasteiger partial charge in [0.1, 0.15) is 4.34 Å². The number of hydrogen-bond acceptors (Lipinski definition) is 4. The quantitative estimate of drug-likeness (QED) is 0.755. The van der Waals surface area contributed by atoms with Crippen molar-refractivity contribution >= 4 is 23.1 Å². The summed E-state index contributed by atoms with van der Waals surface area (Å²) >= 11 is 3.54. The van der Waals surface area contributed by atoms with Crippen LogP contribution in [0, 0.1) is 6.92 Å². The van der Waals surface area contributed by atoms with Crippen molar-refractivity contribution in [1.82, 2.24) is 10.3 Å². The molecule has 0 aromatic carbocycles. The van der Waals surface area contributed by atoms with Crippen molar-refractivity contribution in [3.63, 3.8) is 0 Å². The Labute approximate surface area is 81.8 Å². The van der Waals surface area contributed by atoms with Gasteiger partial charge in [-0.05, 0) is 33.2 Å². The maximum absolute atomic E-state index is 4.44. The van der Waals surface area contributed by atoms with E-state index in [-0.39, 0.29) is 0 Å². The summed E-state index contributed by atoms with van der Waals surface area (Å²) in [5.74, 6) is 0. The molecule has 68 valence electrons. The topological polar surface area (TPSA) is 24.9 Å². The predicted octanol–water partition coefficient (Wildman–Crippen LogP) is 1.94. The van der Waals surface area contributed by atoms with Gasteiger partial charge in [-0.1, -0.05) is 11.8 Å². The molecule has 12 heavy (non-hydrogen) atoms. The number of likely N-dealkylation sites (N-methyl/N-ethyl adjacent to an activating group) is 1. The summed E-state index contributed by atoms with van der Waals surface area (Å²) in [6, 6.07) is 0. The third kappa shape index (κ3) is 2.47. The summed E-state index contributed by atoms with van der Waals surface area (Å²) in [6.45, 7) is 3.12. The third-order valence-corrected chi connectivity index (χ3v) is 3.85. The fourth-order valence-corrected chi connectivity index (χ4v) is 2.61. The number of aromatic nitrogens is 1. The average Bonchev–Trinajstić information content (AvgIpc) is 2.43. The minimum Gasteiger partial charge on any atom is -0.319 e. The van der Waals surface area contributed by atoms with Crippen LogP contribution in [0.1, 0.15) is 10.6 Å². The van der Waals surface area contributed by atoms with Gasteiger partial charge in [0.05, 0.1) is 5.69 Å². The zero-order valence-corrected chi connectivity index (χ0v) is 9.31. The molecular weight excluding hydrogens is 188 g/mol. The normalized spacial score (nSPS) is 10.6. The van der Waals surface area contributed by atoms with Gasteiger partial charge in [-0.2, -0.15) is 0 Å². The molecule has 0 aliphatic rings. The maximum Gasteiger partial charge on any atom is 0.150 e. The second-order valence-electron chi connectivity index (χ2n) is 2.55. The fraction of sp³-hybridized carbons (Fsp3) is 0.625. The van der Waals surface area contributed by atoms with Crippen LogP contribution in [0.15, 0.2) is 4.34 Å². The van der Waals surface area contributed by atoms with Crippen molar-refractivity contribution in [2.24, 2.45) is 0 Å². The van der Waals surface area contributed by atoms with Crippen LogP contribution in [0.5, 0.6) is 0 Å². The molecular formula is C8H14N2S2. The summed E-state index contributed by atoms with van der Waals surface area (Å²) in [4.78, 5) is 5.85. The number of nitrogens with zero attached hydrogens (tertiary/aromatic N) is 1. The minimum absolute atomic E-state index is 1.04. The van der Waals surface area contributed by atoms with Crippen LogP contribution in [0.25, 0.3) is 0 Å². The van der Waals surface area contributed by atoms with Gasteiger partial charge < -0.3 is 5.32 Å². The molecule has 0 spiro atoms.